The van der Waals surface area contributed by atoms with Crippen LogP contribution in [0.15, 0.2) is 12.2 Å². The second-order valence-corrected chi connectivity index (χ2v) is 3.15. The highest BCUT2D eigenvalue weighted by atomic mass is 16.5. The molecule has 0 aliphatic carbocycles. The summed E-state index contributed by atoms with van der Waals surface area (Å²) in [6.45, 7) is 8.34. The molecule has 14 heavy (non-hydrogen) atoms. The zero-order valence-electron chi connectivity index (χ0n) is 8.83. The van der Waals surface area contributed by atoms with Gasteiger partial charge in [0.05, 0.1) is 0 Å². The molecule has 0 amide bonds. The van der Waals surface area contributed by atoms with Crippen LogP contribution in [0.25, 0.3) is 0 Å². The van der Waals surface area contributed by atoms with E-state index in [1.807, 2.05) is 0 Å². The van der Waals surface area contributed by atoms with Crippen molar-refractivity contribution in [2.24, 2.45) is 0 Å². The number of esters is 2. The average molecular weight is 200 g/mol. The van der Waals surface area contributed by atoms with Gasteiger partial charge in [-0.25, -0.2) is 0 Å². The maximum absolute atomic E-state index is 10.6. The van der Waals surface area contributed by atoms with E-state index in [-0.39, 0.29) is 24.6 Å². The summed E-state index contributed by atoms with van der Waals surface area (Å²) in [6.07, 6.45) is 0.280. The first-order chi connectivity index (χ1) is 6.41. The van der Waals surface area contributed by atoms with E-state index in [0.29, 0.717) is 6.42 Å². The summed E-state index contributed by atoms with van der Waals surface area (Å²) in [4.78, 5) is 21.0. The van der Waals surface area contributed by atoms with Crippen molar-refractivity contribution >= 4 is 11.9 Å². The standard InChI is InChI=1S/C10H16O4/c1-7(6-13-9(3)11)5-8(2)14-10(4)12/h8H,1,5-6H2,2-4H3. The Labute approximate surface area is 83.9 Å². The second-order valence-electron chi connectivity index (χ2n) is 3.15. The summed E-state index contributed by atoms with van der Waals surface area (Å²) in [7, 11) is 0. The van der Waals surface area contributed by atoms with Crippen molar-refractivity contribution in [1.82, 2.24) is 0 Å². The highest BCUT2D eigenvalue weighted by Gasteiger charge is 2.08. The van der Waals surface area contributed by atoms with Crippen LogP contribution in [0.4, 0.5) is 0 Å². The van der Waals surface area contributed by atoms with E-state index in [0.717, 1.165) is 5.57 Å². The molecule has 0 aromatic heterocycles. The minimum atomic E-state index is -0.341. The molecule has 0 aromatic carbocycles. The van der Waals surface area contributed by atoms with Gasteiger partial charge >= 0.3 is 11.9 Å². The first-order valence-corrected chi connectivity index (χ1v) is 4.39. The van der Waals surface area contributed by atoms with Gasteiger partial charge in [0.1, 0.15) is 12.7 Å². The molecule has 0 heterocycles. The molecular weight excluding hydrogens is 184 g/mol. The van der Waals surface area contributed by atoms with Gasteiger partial charge in [0.25, 0.3) is 0 Å². The molecule has 0 saturated heterocycles. The topological polar surface area (TPSA) is 52.6 Å². The van der Waals surface area contributed by atoms with Crippen molar-refractivity contribution in [3.8, 4) is 0 Å². The van der Waals surface area contributed by atoms with E-state index < -0.39 is 0 Å². The molecule has 80 valence electrons. The predicted molar refractivity (Wildman–Crippen MR) is 51.6 cm³/mol. The van der Waals surface area contributed by atoms with Crippen molar-refractivity contribution < 1.29 is 19.1 Å². The number of ether oxygens (including phenoxy) is 2. The molecule has 0 N–H and O–H groups in total. The largest absolute Gasteiger partial charge is 0.463 e. The summed E-state index contributed by atoms with van der Waals surface area (Å²) < 4.78 is 9.62. The van der Waals surface area contributed by atoms with Crippen molar-refractivity contribution in [3.63, 3.8) is 0 Å². The maximum atomic E-state index is 10.6. The van der Waals surface area contributed by atoms with E-state index in [9.17, 15) is 9.59 Å². The van der Waals surface area contributed by atoms with Gasteiger partial charge in [-0.15, -0.1) is 0 Å². The van der Waals surface area contributed by atoms with Crippen LogP contribution in [0, 0.1) is 0 Å². The van der Waals surface area contributed by atoms with Crippen molar-refractivity contribution in [2.45, 2.75) is 33.3 Å². The Bertz CT molecular complexity index is 232. The Hall–Kier alpha value is -1.32. The second kappa shape index (κ2) is 6.18. The SMILES string of the molecule is C=C(COC(C)=O)CC(C)OC(C)=O. The van der Waals surface area contributed by atoms with Crippen LogP contribution >= 0.6 is 0 Å². The summed E-state index contributed by atoms with van der Waals surface area (Å²) in [5.74, 6) is -0.663. The van der Waals surface area contributed by atoms with E-state index in [4.69, 9.17) is 9.47 Å². The first-order valence-electron chi connectivity index (χ1n) is 4.39. The Kier molecular flexibility index (Phi) is 5.60. The third-order valence-corrected chi connectivity index (χ3v) is 1.42. The molecule has 0 saturated carbocycles. The minimum Gasteiger partial charge on any atom is -0.463 e. The zero-order valence-corrected chi connectivity index (χ0v) is 8.83. The van der Waals surface area contributed by atoms with Gasteiger partial charge in [0.2, 0.25) is 0 Å². The Morgan fingerprint density at radius 2 is 1.86 bits per heavy atom. The molecule has 0 rings (SSSR count). The van der Waals surface area contributed by atoms with Gasteiger partial charge in [0, 0.05) is 20.3 Å². The molecule has 0 bridgehead atoms. The van der Waals surface area contributed by atoms with E-state index in [1.165, 1.54) is 13.8 Å². The van der Waals surface area contributed by atoms with E-state index in [1.54, 1.807) is 6.92 Å². The Balaban J connectivity index is 3.71. The lowest BCUT2D eigenvalue weighted by molar-refractivity contribution is -0.146. The van der Waals surface area contributed by atoms with Crippen LogP contribution in [0.2, 0.25) is 0 Å². The summed E-state index contributed by atoms with van der Waals surface area (Å²) in [5.41, 5.74) is 0.731. The fraction of sp³-hybridized carbons (Fsp3) is 0.600. The van der Waals surface area contributed by atoms with Crippen LogP contribution in [0.1, 0.15) is 27.2 Å². The molecule has 0 fully saturated rings. The molecule has 0 radical (unpaired) electrons. The van der Waals surface area contributed by atoms with Gasteiger partial charge in [-0.3, -0.25) is 9.59 Å². The van der Waals surface area contributed by atoms with Gasteiger partial charge in [-0.2, -0.15) is 0 Å². The molecule has 4 nitrogen and oxygen atoms in total. The van der Waals surface area contributed by atoms with Gasteiger partial charge < -0.3 is 9.47 Å². The monoisotopic (exact) mass is 200 g/mol. The van der Waals surface area contributed by atoms with Crippen LogP contribution in [0.3, 0.4) is 0 Å². The van der Waals surface area contributed by atoms with Crippen LogP contribution in [0.5, 0.6) is 0 Å². The van der Waals surface area contributed by atoms with E-state index >= 15 is 0 Å². The third kappa shape index (κ3) is 7.34. The lowest BCUT2D eigenvalue weighted by Crippen LogP contribution is -2.14. The summed E-state index contributed by atoms with van der Waals surface area (Å²) in [5, 5.41) is 0. The smallest absolute Gasteiger partial charge is 0.302 e. The van der Waals surface area contributed by atoms with Crippen LogP contribution in [-0.4, -0.2) is 24.6 Å². The third-order valence-electron chi connectivity index (χ3n) is 1.42. The lowest BCUT2D eigenvalue weighted by Gasteiger charge is -2.13. The molecule has 4 heteroatoms. The van der Waals surface area contributed by atoms with Crippen LogP contribution < -0.4 is 0 Å². The quantitative estimate of drug-likeness (QED) is 0.498. The number of hydrogen-bond acceptors (Lipinski definition) is 4. The molecule has 1 atom stereocenters. The number of rotatable bonds is 5. The summed E-state index contributed by atoms with van der Waals surface area (Å²) in [6, 6.07) is 0. The Morgan fingerprint density at radius 3 is 2.29 bits per heavy atom. The predicted octanol–water partition coefficient (Wildman–Crippen LogP) is 1.45. The fourth-order valence-electron chi connectivity index (χ4n) is 0.994. The van der Waals surface area contributed by atoms with Crippen LogP contribution in [-0.2, 0) is 19.1 Å². The average Bonchev–Trinajstić information content (AvgIpc) is 1.98. The lowest BCUT2D eigenvalue weighted by atomic mass is 10.1. The molecular formula is C10H16O4. The zero-order chi connectivity index (χ0) is 11.1. The molecule has 0 spiro atoms. The minimum absolute atomic E-state index is 0.181. The van der Waals surface area contributed by atoms with Gasteiger partial charge in [0.15, 0.2) is 0 Å². The number of carbonyl (C=O) groups is 2. The molecule has 1 unspecified atom stereocenters. The van der Waals surface area contributed by atoms with E-state index in [2.05, 4.69) is 6.58 Å². The normalized spacial score (nSPS) is 11.6. The van der Waals surface area contributed by atoms with Crippen molar-refractivity contribution in [3.05, 3.63) is 12.2 Å². The molecule has 0 aliphatic rings. The van der Waals surface area contributed by atoms with Gasteiger partial charge in [-0.1, -0.05) is 6.58 Å². The van der Waals surface area contributed by atoms with Crippen molar-refractivity contribution in [1.29, 1.82) is 0 Å². The highest BCUT2D eigenvalue weighted by molar-refractivity contribution is 5.66. The fourth-order valence-corrected chi connectivity index (χ4v) is 0.994. The maximum Gasteiger partial charge on any atom is 0.302 e. The number of carbonyl (C=O) groups excluding carboxylic acids is 2. The molecule has 0 aliphatic heterocycles. The Morgan fingerprint density at radius 1 is 1.29 bits per heavy atom. The number of hydrogen-bond donors (Lipinski definition) is 0. The highest BCUT2D eigenvalue weighted by Crippen LogP contribution is 2.07. The van der Waals surface area contributed by atoms with Crippen molar-refractivity contribution in [2.75, 3.05) is 6.61 Å². The first kappa shape index (κ1) is 12.7. The van der Waals surface area contributed by atoms with Gasteiger partial charge in [-0.05, 0) is 12.5 Å². The molecule has 0 aromatic rings. The summed E-state index contributed by atoms with van der Waals surface area (Å²) >= 11 is 0.